The van der Waals surface area contributed by atoms with Gasteiger partial charge in [-0.1, -0.05) is 42.5 Å². The van der Waals surface area contributed by atoms with Gasteiger partial charge in [-0.2, -0.15) is 5.10 Å². The third-order valence-electron chi connectivity index (χ3n) is 4.27. The van der Waals surface area contributed by atoms with Gasteiger partial charge in [0.1, 0.15) is 0 Å². The number of tetrazole rings is 1. The maximum Gasteiger partial charge on any atom is 0.276 e. The molecule has 0 aliphatic carbocycles. The second kappa shape index (κ2) is 7.43. The Morgan fingerprint density at radius 2 is 1.86 bits per heavy atom. The number of carbonyl (C=O) groups is 1. The van der Waals surface area contributed by atoms with E-state index in [4.69, 9.17) is 0 Å². The molecule has 0 fully saturated rings. The highest BCUT2D eigenvalue weighted by molar-refractivity contribution is 6.03. The van der Waals surface area contributed by atoms with E-state index in [2.05, 4.69) is 25.8 Å². The summed E-state index contributed by atoms with van der Waals surface area (Å²) in [4.78, 5) is 13.9. The van der Waals surface area contributed by atoms with Gasteiger partial charge in [0.2, 0.25) is 5.82 Å². The highest BCUT2D eigenvalue weighted by atomic mass is 16.2. The Morgan fingerprint density at radius 3 is 2.68 bits per heavy atom. The number of carbonyl (C=O) groups excluding carboxylic acids is 1. The van der Waals surface area contributed by atoms with Crippen molar-refractivity contribution in [3.63, 3.8) is 0 Å². The zero-order valence-corrected chi connectivity index (χ0v) is 15.6. The number of anilines is 1. The van der Waals surface area contributed by atoms with E-state index in [0.29, 0.717) is 11.5 Å². The molecule has 2 aromatic heterocycles. The minimum Gasteiger partial charge on any atom is -0.320 e. The number of aromatic nitrogens is 6. The average Bonchev–Trinajstić information content (AvgIpc) is 3.36. The highest BCUT2D eigenvalue weighted by Gasteiger charge is 2.12. The third kappa shape index (κ3) is 3.80. The molecule has 0 unspecified atom stereocenters. The number of hydrogen-bond donors (Lipinski definition) is 1. The number of rotatable bonds is 5. The van der Waals surface area contributed by atoms with Crippen molar-refractivity contribution in [2.45, 2.75) is 20.5 Å². The average molecular weight is 373 g/mol. The van der Waals surface area contributed by atoms with Crippen molar-refractivity contribution in [3.05, 3.63) is 77.6 Å². The molecule has 8 heteroatoms. The van der Waals surface area contributed by atoms with E-state index in [0.717, 1.165) is 22.4 Å². The first-order valence-corrected chi connectivity index (χ1v) is 8.84. The van der Waals surface area contributed by atoms with Crippen molar-refractivity contribution in [2.75, 3.05) is 5.32 Å². The summed E-state index contributed by atoms with van der Waals surface area (Å²) in [6, 6.07) is 17.2. The summed E-state index contributed by atoms with van der Waals surface area (Å²) in [7, 11) is 0. The number of aryl methyl sites for hydroxylation is 2. The van der Waals surface area contributed by atoms with Crippen LogP contribution in [0.3, 0.4) is 0 Å². The summed E-state index contributed by atoms with van der Waals surface area (Å²) in [5, 5.41) is 19.7. The van der Waals surface area contributed by atoms with Gasteiger partial charge in [0, 0.05) is 17.4 Å². The molecule has 140 valence electrons. The van der Waals surface area contributed by atoms with Gasteiger partial charge in [0.05, 0.1) is 0 Å². The van der Waals surface area contributed by atoms with Crippen LogP contribution in [0, 0.1) is 13.8 Å². The largest absolute Gasteiger partial charge is 0.320 e. The van der Waals surface area contributed by atoms with Crippen LogP contribution in [0.2, 0.25) is 0 Å². The Labute approximate surface area is 161 Å². The molecule has 1 amide bonds. The van der Waals surface area contributed by atoms with Crippen LogP contribution in [-0.4, -0.2) is 35.9 Å². The van der Waals surface area contributed by atoms with E-state index >= 15 is 0 Å². The van der Waals surface area contributed by atoms with E-state index in [9.17, 15) is 4.79 Å². The van der Waals surface area contributed by atoms with Crippen LogP contribution < -0.4 is 5.32 Å². The second-order valence-corrected chi connectivity index (χ2v) is 6.51. The predicted octanol–water partition coefficient (Wildman–Crippen LogP) is 2.91. The molecule has 0 saturated carbocycles. The number of hydrogen-bond acceptors (Lipinski definition) is 5. The van der Waals surface area contributed by atoms with Crippen LogP contribution in [0.15, 0.2) is 60.8 Å². The summed E-state index contributed by atoms with van der Waals surface area (Å²) >= 11 is 0. The van der Waals surface area contributed by atoms with Crippen LogP contribution in [0.4, 0.5) is 5.69 Å². The quantitative estimate of drug-likeness (QED) is 0.581. The van der Waals surface area contributed by atoms with Crippen LogP contribution >= 0.6 is 0 Å². The van der Waals surface area contributed by atoms with E-state index in [-0.39, 0.29) is 12.6 Å². The molecule has 1 N–H and O–H groups in total. The van der Waals surface area contributed by atoms with Crippen LogP contribution in [0.5, 0.6) is 0 Å². The maximum atomic E-state index is 12.5. The lowest BCUT2D eigenvalue weighted by Gasteiger charge is -2.08. The topological polar surface area (TPSA) is 90.5 Å². The first kappa shape index (κ1) is 17.6. The Balaban J connectivity index is 1.45. The summed E-state index contributed by atoms with van der Waals surface area (Å²) in [5.74, 6) is 0.282. The molecule has 0 aliphatic heterocycles. The molecule has 0 radical (unpaired) electrons. The van der Waals surface area contributed by atoms with Crippen molar-refractivity contribution in [1.29, 1.82) is 0 Å². The molecule has 0 spiro atoms. The fourth-order valence-electron chi connectivity index (χ4n) is 2.75. The highest BCUT2D eigenvalue weighted by Crippen LogP contribution is 2.17. The standard InChI is InChI=1S/C20H19N7O/c1-14-8-9-15(2)18(12-14)21-20(28)17-10-11-26(23-17)13-27-24-19(22-25-27)16-6-4-3-5-7-16/h3-12H,13H2,1-2H3,(H,21,28). The number of nitrogens with zero attached hydrogens (tertiary/aromatic N) is 6. The van der Waals surface area contributed by atoms with Crippen LogP contribution in [0.1, 0.15) is 21.6 Å². The molecule has 4 rings (SSSR count). The minimum absolute atomic E-state index is 0.260. The summed E-state index contributed by atoms with van der Waals surface area (Å²) in [6.45, 7) is 4.20. The van der Waals surface area contributed by atoms with Gasteiger partial charge in [0.15, 0.2) is 12.4 Å². The van der Waals surface area contributed by atoms with Gasteiger partial charge in [-0.3, -0.25) is 4.79 Å². The molecule has 0 saturated heterocycles. The van der Waals surface area contributed by atoms with E-state index in [1.807, 2.05) is 62.4 Å². The van der Waals surface area contributed by atoms with Gasteiger partial charge in [-0.25, -0.2) is 4.68 Å². The Bertz CT molecular complexity index is 1110. The number of amides is 1. The van der Waals surface area contributed by atoms with E-state index < -0.39 is 0 Å². The molecule has 2 heterocycles. The Morgan fingerprint density at radius 1 is 1.04 bits per heavy atom. The Hall–Kier alpha value is -3.81. The van der Waals surface area contributed by atoms with Gasteiger partial charge in [0.25, 0.3) is 5.91 Å². The van der Waals surface area contributed by atoms with Gasteiger partial charge in [-0.05, 0) is 42.3 Å². The predicted molar refractivity (Wildman–Crippen MR) is 105 cm³/mol. The first-order chi connectivity index (χ1) is 13.6. The fourth-order valence-corrected chi connectivity index (χ4v) is 2.75. The van der Waals surface area contributed by atoms with Gasteiger partial charge in [-0.15, -0.1) is 15.0 Å². The van der Waals surface area contributed by atoms with Crippen LogP contribution in [-0.2, 0) is 6.67 Å². The van der Waals surface area contributed by atoms with E-state index in [1.165, 1.54) is 4.80 Å². The molecule has 0 atom stereocenters. The lowest BCUT2D eigenvalue weighted by molar-refractivity contribution is 0.102. The third-order valence-corrected chi connectivity index (χ3v) is 4.27. The SMILES string of the molecule is Cc1ccc(C)c(NC(=O)c2ccn(Cn3nnc(-c4ccccc4)n3)n2)c1. The summed E-state index contributed by atoms with van der Waals surface area (Å²) in [6.07, 6.45) is 1.71. The van der Waals surface area contributed by atoms with Gasteiger partial charge >= 0.3 is 0 Å². The smallest absolute Gasteiger partial charge is 0.276 e. The summed E-state index contributed by atoms with van der Waals surface area (Å²) < 4.78 is 1.59. The number of nitrogens with one attached hydrogen (secondary N) is 1. The molecule has 0 aliphatic rings. The minimum atomic E-state index is -0.260. The normalized spacial score (nSPS) is 10.8. The second-order valence-electron chi connectivity index (χ2n) is 6.51. The van der Waals surface area contributed by atoms with E-state index in [1.54, 1.807) is 16.9 Å². The van der Waals surface area contributed by atoms with Crippen molar-refractivity contribution >= 4 is 11.6 Å². The first-order valence-electron chi connectivity index (χ1n) is 8.84. The number of benzene rings is 2. The fraction of sp³-hybridized carbons (Fsp3) is 0.150. The van der Waals surface area contributed by atoms with Crippen molar-refractivity contribution < 1.29 is 4.79 Å². The zero-order chi connectivity index (χ0) is 19.5. The molecule has 0 bridgehead atoms. The van der Waals surface area contributed by atoms with Crippen LogP contribution in [0.25, 0.3) is 11.4 Å². The maximum absolute atomic E-state index is 12.5. The molecule has 28 heavy (non-hydrogen) atoms. The molecular formula is C20H19N7O. The zero-order valence-electron chi connectivity index (χ0n) is 15.6. The molecule has 8 nitrogen and oxygen atoms in total. The molecule has 2 aromatic carbocycles. The lowest BCUT2D eigenvalue weighted by Crippen LogP contribution is -2.16. The molecular weight excluding hydrogens is 354 g/mol. The van der Waals surface area contributed by atoms with Crippen molar-refractivity contribution in [3.8, 4) is 11.4 Å². The van der Waals surface area contributed by atoms with Crippen molar-refractivity contribution in [2.24, 2.45) is 0 Å². The molecule has 4 aromatic rings. The Kier molecular flexibility index (Phi) is 4.67. The monoisotopic (exact) mass is 373 g/mol. The van der Waals surface area contributed by atoms with Crippen molar-refractivity contribution in [1.82, 2.24) is 30.0 Å². The van der Waals surface area contributed by atoms with Gasteiger partial charge < -0.3 is 5.32 Å². The lowest BCUT2D eigenvalue weighted by atomic mass is 10.1. The summed E-state index contributed by atoms with van der Waals surface area (Å²) in [5.41, 5.74) is 4.08.